The molecule has 2 N–H and O–H groups in total. The lowest BCUT2D eigenvalue weighted by Crippen LogP contribution is -2.33. The molecule has 0 unspecified atom stereocenters. The van der Waals surface area contributed by atoms with Crippen molar-refractivity contribution in [2.75, 3.05) is 7.11 Å². The van der Waals surface area contributed by atoms with Crippen LogP contribution >= 0.6 is 11.6 Å². The average molecular weight is 215 g/mol. The first kappa shape index (κ1) is 10.9. The minimum absolute atomic E-state index is 0.375. The third kappa shape index (κ3) is 2.97. The van der Waals surface area contributed by atoms with Crippen LogP contribution < -0.4 is 5.73 Å². The molecule has 4 nitrogen and oxygen atoms in total. The third-order valence-electron chi connectivity index (χ3n) is 1.72. The number of halogens is 1. The first-order valence-corrected chi connectivity index (χ1v) is 4.44. The Labute approximate surface area is 87.0 Å². The number of esters is 1. The van der Waals surface area contributed by atoms with E-state index >= 15 is 0 Å². The van der Waals surface area contributed by atoms with Crippen molar-refractivity contribution < 1.29 is 9.53 Å². The highest BCUT2D eigenvalue weighted by Gasteiger charge is 2.14. The van der Waals surface area contributed by atoms with Crippen LogP contribution in [0.15, 0.2) is 18.5 Å². The van der Waals surface area contributed by atoms with Crippen molar-refractivity contribution in [3.05, 3.63) is 29.0 Å². The molecule has 0 saturated heterocycles. The number of carbonyl (C=O) groups is 1. The van der Waals surface area contributed by atoms with Gasteiger partial charge in [0.15, 0.2) is 0 Å². The summed E-state index contributed by atoms with van der Waals surface area (Å²) in [5.74, 6) is -0.440. The minimum Gasteiger partial charge on any atom is -0.468 e. The molecule has 1 aromatic rings. The van der Waals surface area contributed by atoms with Crippen molar-refractivity contribution in [3.63, 3.8) is 0 Å². The Morgan fingerprint density at radius 3 is 3.00 bits per heavy atom. The van der Waals surface area contributed by atoms with Gasteiger partial charge in [-0.15, -0.1) is 0 Å². The topological polar surface area (TPSA) is 65.2 Å². The van der Waals surface area contributed by atoms with Gasteiger partial charge >= 0.3 is 5.97 Å². The van der Waals surface area contributed by atoms with Crippen molar-refractivity contribution in [1.29, 1.82) is 0 Å². The lowest BCUT2D eigenvalue weighted by Gasteiger charge is -2.08. The molecule has 1 rings (SSSR count). The first-order valence-electron chi connectivity index (χ1n) is 4.06. The van der Waals surface area contributed by atoms with Crippen molar-refractivity contribution in [1.82, 2.24) is 4.98 Å². The molecule has 1 aromatic heterocycles. The van der Waals surface area contributed by atoms with Gasteiger partial charge < -0.3 is 10.5 Å². The van der Waals surface area contributed by atoms with E-state index in [0.717, 1.165) is 5.56 Å². The maximum absolute atomic E-state index is 11.0. The normalized spacial score (nSPS) is 12.2. The summed E-state index contributed by atoms with van der Waals surface area (Å²) in [6.07, 6.45) is 3.52. The molecule has 0 amide bonds. The van der Waals surface area contributed by atoms with E-state index in [-0.39, 0.29) is 0 Å². The predicted molar refractivity (Wildman–Crippen MR) is 52.9 cm³/mol. The van der Waals surface area contributed by atoms with Gasteiger partial charge in [0.25, 0.3) is 0 Å². The number of nitrogens with two attached hydrogens (primary N) is 1. The molecule has 1 heterocycles. The Balaban J connectivity index is 2.64. The van der Waals surface area contributed by atoms with Crippen LogP contribution in [-0.4, -0.2) is 24.1 Å². The van der Waals surface area contributed by atoms with Crippen LogP contribution in [0.1, 0.15) is 5.56 Å². The standard InChI is InChI=1S/C9H11ClN2O2/c1-14-9(13)8(11)3-6-2-7(10)5-12-4-6/h2,4-5,8H,3,11H2,1H3/t8-/m0/s1. The van der Waals surface area contributed by atoms with Gasteiger partial charge in [-0.3, -0.25) is 9.78 Å². The molecule has 0 aliphatic heterocycles. The summed E-state index contributed by atoms with van der Waals surface area (Å²) in [7, 11) is 1.30. The quantitative estimate of drug-likeness (QED) is 0.756. The van der Waals surface area contributed by atoms with Crippen molar-refractivity contribution in [3.8, 4) is 0 Å². The Kier molecular flexibility index (Phi) is 3.85. The van der Waals surface area contributed by atoms with Crippen LogP contribution in [0.2, 0.25) is 5.02 Å². The summed E-state index contributed by atoms with van der Waals surface area (Å²) in [5, 5.41) is 0.527. The van der Waals surface area contributed by atoms with Crippen molar-refractivity contribution in [2.24, 2.45) is 5.73 Å². The van der Waals surface area contributed by atoms with E-state index in [4.69, 9.17) is 17.3 Å². The summed E-state index contributed by atoms with van der Waals surface area (Å²) >= 11 is 5.72. The minimum atomic E-state index is -0.666. The maximum atomic E-state index is 11.0. The third-order valence-corrected chi connectivity index (χ3v) is 1.93. The van der Waals surface area contributed by atoms with Gasteiger partial charge in [0.2, 0.25) is 0 Å². The summed E-state index contributed by atoms with van der Waals surface area (Å²) < 4.78 is 4.50. The maximum Gasteiger partial charge on any atom is 0.322 e. The van der Waals surface area contributed by atoms with Crippen LogP contribution in [-0.2, 0) is 16.0 Å². The molecule has 0 spiro atoms. The van der Waals surface area contributed by atoms with E-state index in [0.29, 0.717) is 11.4 Å². The fourth-order valence-electron chi connectivity index (χ4n) is 1.06. The number of hydrogen-bond acceptors (Lipinski definition) is 4. The van der Waals surface area contributed by atoms with Crippen LogP contribution in [0.3, 0.4) is 0 Å². The van der Waals surface area contributed by atoms with Crippen LogP contribution in [0.25, 0.3) is 0 Å². The van der Waals surface area contributed by atoms with Gasteiger partial charge in [0.1, 0.15) is 6.04 Å². The summed E-state index contributed by atoms with van der Waals surface area (Å²) in [6, 6.07) is 1.05. The number of pyridine rings is 1. The van der Waals surface area contributed by atoms with E-state index in [1.807, 2.05) is 0 Å². The fraction of sp³-hybridized carbons (Fsp3) is 0.333. The van der Waals surface area contributed by atoms with Gasteiger partial charge in [-0.25, -0.2) is 0 Å². The molecule has 14 heavy (non-hydrogen) atoms. The number of carbonyl (C=O) groups excluding carboxylic acids is 1. The molecular weight excluding hydrogens is 204 g/mol. The number of nitrogens with zero attached hydrogens (tertiary/aromatic N) is 1. The highest BCUT2D eigenvalue weighted by atomic mass is 35.5. The van der Waals surface area contributed by atoms with Gasteiger partial charge in [-0.05, 0) is 18.1 Å². The van der Waals surface area contributed by atoms with Crippen molar-refractivity contribution in [2.45, 2.75) is 12.5 Å². The van der Waals surface area contributed by atoms with E-state index in [2.05, 4.69) is 9.72 Å². The van der Waals surface area contributed by atoms with Crippen LogP contribution in [0.5, 0.6) is 0 Å². The monoisotopic (exact) mass is 214 g/mol. The molecule has 0 fully saturated rings. The summed E-state index contributed by atoms with van der Waals surface area (Å²) in [4.78, 5) is 14.9. The Hall–Kier alpha value is -1.13. The number of ether oxygens (including phenoxy) is 1. The number of aromatic nitrogens is 1. The largest absolute Gasteiger partial charge is 0.468 e. The molecule has 0 saturated carbocycles. The summed E-state index contributed by atoms with van der Waals surface area (Å²) in [6.45, 7) is 0. The fourth-order valence-corrected chi connectivity index (χ4v) is 1.25. The molecule has 1 atom stereocenters. The van der Waals surface area contributed by atoms with Gasteiger partial charge in [0, 0.05) is 12.4 Å². The summed E-state index contributed by atoms with van der Waals surface area (Å²) in [5.41, 5.74) is 6.38. The number of rotatable bonds is 3. The first-order chi connectivity index (χ1) is 6.63. The van der Waals surface area contributed by atoms with Gasteiger partial charge in [-0.1, -0.05) is 11.6 Å². The SMILES string of the molecule is COC(=O)[C@@H](N)Cc1cncc(Cl)c1. The molecule has 0 aliphatic carbocycles. The molecule has 76 valence electrons. The zero-order valence-corrected chi connectivity index (χ0v) is 8.49. The Bertz CT molecular complexity index is 330. The van der Waals surface area contributed by atoms with Crippen molar-refractivity contribution >= 4 is 17.6 Å². The Morgan fingerprint density at radius 1 is 1.71 bits per heavy atom. The van der Waals surface area contributed by atoms with E-state index in [1.54, 1.807) is 12.3 Å². The predicted octanol–water partition coefficient (Wildman–Crippen LogP) is 0.778. The highest BCUT2D eigenvalue weighted by molar-refractivity contribution is 6.30. The smallest absolute Gasteiger partial charge is 0.322 e. The zero-order chi connectivity index (χ0) is 10.6. The molecule has 5 heteroatoms. The Morgan fingerprint density at radius 2 is 2.43 bits per heavy atom. The molecule has 0 bridgehead atoms. The number of methoxy groups -OCH3 is 1. The highest BCUT2D eigenvalue weighted by Crippen LogP contribution is 2.09. The van der Waals surface area contributed by atoms with E-state index < -0.39 is 12.0 Å². The second-order valence-corrected chi connectivity index (χ2v) is 3.28. The van der Waals surface area contributed by atoms with Gasteiger partial charge in [-0.2, -0.15) is 0 Å². The van der Waals surface area contributed by atoms with E-state index in [9.17, 15) is 4.79 Å². The molecular formula is C9H11ClN2O2. The average Bonchev–Trinajstić information content (AvgIpc) is 2.16. The number of hydrogen-bond donors (Lipinski definition) is 1. The molecule has 0 aromatic carbocycles. The van der Waals surface area contributed by atoms with Crippen LogP contribution in [0.4, 0.5) is 0 Å². The van der Waals surface area contributed by atoms with Crippen LogP contribution in [0, 0.1) is 0 Å². The second-order valence-electron chi connectivity index (χ2n) is 2.85. The van der Waals surface area contributed by atoms with E-state index in [1.165, 1.54) is 13.3 Å². The lowest BCUT2D eigenvalue weighted by atomic mass is 10.1. The second kappa shape index (κ2) is 4.93. The molecule has 0 aliphatic rings. The molecule has 0 radical (unpaired) electrons. The lowest BCUT2D eigenvalue weighted by molar-refractivity contribution is -0.142. The zero-order valence-electron chi connectivity index (χ0n) is 7.74. The van der Waals surface area contributed by atoms with Gasteiger partial charge in [0.05, 0.1) is 12.1 Å².